The number of hydrogen-bond acceptors (Lipinski definition) is 6. The number of sulfonamides is 1. The molecule has 4 aromatic rings. The van der Waals surface area contributed by atoms with Gasteiger partial charge in [0.15, 0.2) is 0 Å². The van der Waals surface area contributed by atoms with Gasteiger partial charge in [0.2, 0.25) is 15.9 Å². The lowest BCUT2D eigenvalue weighted by molar-refractivity contribution is -0.116. The van der Waals surface area contributed by atoms with Gasteiger partial charge in [0.05, 0.1) is 9.77 Å². The molecule has 0 bridgehead atoms. The maximum Gasteiger partial charge on any atom is 0.241 e. The van der Waals surface area contributed by atoms with Crippen molar-refractivity contribution in [1.29, 1.82) is 0 Å². The summed E-state index contributed by atoms with van der Waals surface area (Å²) < 4.78 is 29.7. The molecule has 0 saturated carbocycles. The van der Waals surface area contributed by atoms with Gasteiger partial charge >= 0.3 is 0 Å². The molecule has 0 aliphatic rings. The molecule has 3 aromatic carbocycles. The fraction of sp³-hybridized carbons (Fsp3) is 0.241. The number of carbonyl (C=O) groups excluding carboxylic acids is 1. The van der Waals surface area contributed by atoms with E-state index in [2.05, 4.69) is 20.3 Å². The second-order valence-electron chi connectivity index (χ2n) is 9.96. The fourth-order valence-electron chi connectivity index (χ4n) is 3.92. The topological polar surface area (TPSA) is 100 Å². The Bertz CT molecular complexity index is 1510. The monoisotopic (exact) mass is 548 g/mol. The van der Waals surface area contributed by atoms with E-state index in [0.29, 0.717) is 29.0 Å². The number of anilines is 2. The molecule has 1 heterocycles. The molecule has 0 aliphatic heterocycles. The number of carbonyl (C=O) groups is 1. The summed E-state index contributed by atoms with van der Waals surface area (Å²) in [6.07, 6.45) is 2.58. The Kier molecular flexibility index (Phi) is 8.30. The quantitative estimate of drug-likeness (QED) is 0.232. The highest BCUT2D eigenvalue weighted by Gasteiger charge is 2.26. The molecule has 198 valence electrons. The number of nitrogens with one attached hydrogen (secondary N) is 3. The molecule has 0 aliphatic carbocycles. The molecule has 0 radical (unpaired) electrons. The highest BCUT2D eigenvalue weighted by molar-refractivity contribution is 7.89. The number of hydrogen-bond donors (Lipinski definition) is 3. The van der Waals surface area contributed by atoms with E-state index in [0.717, 1.165) is 21.8 Å². The third kappa shape index (κ3) is 7.06. The zero-order valence-electron chi connectivity index (χ0n) is 21.9. The van der Waals surface area contributed by atoms with Gasteiger partial charge < -0.3 is 10.6 Å². The molecule has 3 N–H and O–H groups in total. The van der Waals surface area contributed by atoms with E-state index in [-0.39, 0.29) is 10.8 Å². The maximum atomic E-state index is 13.5. The summed E-state index contributed by atoms with van der Waals surface area (Å²) in [5.41, 5.74) is 3.28. The van der Waals surface area contributed by atoms with Gasteiger partial charge in [0, 0.05) is 47.7 Å². The number of aryl methyl sites for hydroxylation is 1. The minimum absolute atomic E-state index is 0.0917. The van der Waals surface area contributed by atoms with Gasteiger partial charge in [-0.2, -0.15) is 0 Å². The summed E-state index contributed by atoms with van der Waals surface area (Å²) in [4.78, 5) is 18.0. The van der Waals surface area contributed by atoms with E-state index < -0.39 is 15.6 Å². The molecule has 1 aromatic heterocycles. The van der Waals surface area contributed by atoms with Gasteiger partial charge in [-0.15, -0.1) is 11.3 Å². The normalized spacial score (nSPS) is 11.8. The molecule has 0 saturated heterocycles. The van der Waals surface area contributed by atoms with Crippen LogP contribution in [0.4, 0.5) is 11.4 Å². The van der Waals surface area contributed by atoms with E-state index in [9.17, 15) is 13.2 Å². The summed E-state index contributed by atoms with van der Waals surface area (Å²) in [6.45, 7) is 5.37. The van der Waals surface area contributed by atoms with Gasteiger partial charge in [-0.3, -0.25) is 4.79 Å². The Morgan fingerprint density at radius 3 is 2.29 bits per heavy atom. The van der Waals surface area contributed by atoms with E-state index in [1.807, 2.05) is 61.6 Å². The molecule has 38 heavy (non-hydrogen) atoms. The van der Waals surface area contributed by atoms with Gasteiger partial charge in [0.1, 0.15) is 5.01 Å². The number of rotatable bonds is 9. The van der Waals surface area contributed by atoms with Crippen LogP contribution in [0.15, 0.2) is 83.9 Å². The van der Waals surface area contributed by atoms with Crippen LogP contribution in [0.2, 0.25) is 0 Å². The SMILES string of the molecule is CNc1ccc(-c2ncc(-c3ccc(NC(=O)CCc4ccccc4)cc3S(=O)(=O)NC(C)(C)C)s2)cc1. The maximum absolute atomic E-state index is 13.5. The lowest BCUT2D eigenvalue weighted by Gasteiger charge is -2.22. The summed E-state index contributed by atoms with van der Waals surface area (Å²) in [5, 5.41) is 6.74. The van der Waals surface area contributed by atoms with Crippen LogP contribution in [0, 0.1) is 0 Å². The van der Waals surface area contributed by atoms with Crippen LogP contribution in [0.25, 0.3) is 21.0 Å². The van der Waals surface area contributed by atoms with Crippen LogP contribution in [-0.4, -0.2) is 31.9 Å². The van der Waals surface area contributed by atoms with Crippen molar-refractivity contribution in [1.82, 2.24) is 9.71 Å². The lowest BCUT2D eigenvalue weighted by Crippen LogP contribution is -2.40. The number of nitrogens with zero attached hydrogens (tertiary/aromatic N) is 1. The third-order valence-corrected chi connectivity index (χ3v) is 8.55. The van der Waals surface area contributed by atoms with Crippen LogP contribution in [0.5, 0.6) is 0 Å². The van der Waals surface area contributed by atoms with Gasteiger partial charge in [-0.05, 0) is 69.2 Å². The Morgan fingerprint density at radius 2 is 1.63 bits per heavy atom. The molecule has 7 nitrogen and oxygen atoms in total. The van der Waals surface area contributed by atoms with Crippen LogP contribution >= 0.6 is 11.3 Å². The molecule has 4 rings (SSSR count). The first-order chi connectivity index (χ1) is 18.0. The molecular formula is C29H32N4O3S2. The molecule has 0 unspecified atom stereocenters. The highest BCUT2D eigenvalue weighted by Crippen LogP contribution is 2.37. The van der Waals surface area contributed by atoms with Crippen LogP contribution in [0.3, 0.4) is 0 Å². The van der Waals surface area contributed by atoms with E-state index in [1.54, 1.807) is 39.1 Å². The number of thiazole rings is 1. The van der Waals surface area contributed by atoms with E-state index >= 15 is 0 Å². The third-order valence-electron chi connectivity index (χ3n) is 5.67. The molecular weight excluding hydrogens is 516 g/mol. The van der Waals surface area contributed by atoms with Crippen LogP contribution < -0.4 is 15.4 Å². The summed E-state index contributed by atoms with van der Waals surface area (Å²) >= 11 is 1.42. The Morgan fingerprint density at radius 1 is 0.947 bits per heavy atom. The fourth-order valence-corrected chi connectivity index (χ4v) is 6.61. The van der Waals surface area contributed by atoms with Gasteiger partial charge in [-0.25, -0.2) is 18.1 Å². The van der Waals surface area contributed by atoms with Crippen molar-refractivity contribution in [3.8, 4) is 21.0 Å². The van der Waals surface area contributed by atoms with Crippen molar-refractivity contribution in [2.45, 2.75) is 44.0 Å². The smallest absolute Gasteiger partial charge is 0.241 e. The number of aromatic nitrogens is 1. The number of benzene rings is 3. The first kappa shape index (κ1) is 27.5. The predicted octanol–water partition coefficient (Wildman–Crippen LogP) is 6.17. The second-order valence-corrected chi connectivity index (χ2v) is 12.6. The molecule has 9 heteroatoms. The molecule has 1 amide bonds. The Labute approximate surface area is 228 Å². The first-order valence-electron chi connectivity index (χ1n) is 12.3. The van der Waals surface area contributed by atoms with Gasteiger partial charge in [-0.1, -0.05) is 36.4 Å². The van der Waals surface area contributed by atoms with Gasteiger partial charge in [0.25, 0.3) is 0 Å². The van der Waals surface area contributed by atoms with Crippen molar-refractivity contribution < 1.29 is 13.2 Å². The largest absolute Gasteiger partial charge is 0.388 e. The average Bonchev–Trinajstić information content (AvgIpc) is 3.37. The van der Waals surface area contributed by atoms with Crippen molar-refractivity contribution >= 4 is 38.6 Å². The van der Waals surface area contributed by atoms with Crippen molar-refractivity contribution in [3.05, 3.63) is 84.6 Å². The van der Waals surface area contributed by atoms with Crippen molar-refractivity contribution in [2.75, 3.05) is 17.7 Å². The Balaban J connectivity index is 1.64. The molecule has 0 atom stereocenters. The van der Waals surface area contributed by atoms with Crippen molar-refractivity contribution in [2.24, 2.45) is 0 Å². The number of amides is 1. The summed E-state index contributed by atoms with van der Waals surface area (Å²) in [7, 11) is -2.04. The average molecular weight is 549 g/mol. The summed E-state index contributed by atoms with van der Waals surface area (Å²) in [6, 6.07) is 22.6. The van der Waals surface area contributed by atoms with E-state index in [1.165, 1.54) is 17.4 Å². The van der Waals surface area contributed by atoms with E-state index in [4.69, 9.17) is 0 Å². The summed E-state index contributed by atoms with van der Waals surface area (Å²) in [5.74, 6) is -0.182. The minimum atomic E-state index is -3.91. The first-order valence-corrected chi connectivity index (χ1v) is 14.6. The molecule has 0 spiro atoms. The lowest BCUT2D eigenvalue weighted by atomic mass is 10.1. The standard InChI is InChI=1S/C29H32N4O3S2/c1-29(2,3)33-38(35,36)26-18-23(32-27(34)17-10-20-8-6-5-7-9-20)15-16-24(26)25-19-31-28(37-25)21-11-13-22(30-4)14-12-21/h5-9,11-16,18-19,30,33H,10,17H2,1-4H3,(H,32,34). The zero-order valence-corrected chi connectivity index (χ0v) is 23.5. The second kappa shape index (κ2) is 11.5. The highest BCUT2D eigenvalue weighted by atomic mass is 32.2. The minimum Gasteiger partial charge on any atom is -0.388 e. The van der Waals surface area contributed by atoms with Crippen LogP contribution in [-0.2, 0) is 21.2 Å². The van der Waals surface area contributed by atoms with Crippen LogP contribution in [0.1, 0.15) is 32.8 Å². The van der Waals surface area contributed by atoms with Crippen molar-refractivity contribution in [3.63, 3.8) is 0 Å². The zero-order chi connectivity index (χ0) is 27.3. The Hall–Kier alpha value is -3.53. The predicted molar refractivity (Wildman–Crippen MR) is 156 cm³/mol. The molecule has 0 fully saturated rings.